The minimum Gasteiger partial charge on any atom is -0.397 e. The van der Waals surface area contributed by atoms with Crippen molar-refractivity contribution < 1.29 is 0 Å². The van der Waals surface area contributed by atoms with Gasteiger partial charge in [-0.2, -0.15) is 10.2 Å². The number of hydrogen-bond donors (Lipinski definition) is 1. The summed E-state index contributed by atoms with van der Waals surface area (Å²) < 4.78 is 0. The molecule has 1 aromatic heterocycles. The summed E-state index contributed by atoms with van der Waals surface area (Å²) in [4.78, 5) is 2.55. The van der Waals surface area contributed by atoms with Gasteiger partial charge in [0.25, 0.3) is 0 Å². The molecule has 2 rings (SSSR count). The third-order valence-corrected chi connectivity index (χ3v) is 3.26. The maximum atomic E-state index is 5.71. The van der Waals surface area contributed by atoms with Crippen LogP contribution in [0.5, 0.6) is 0 Å². The molecule has 1 atom stereocenters. The molecule has 1 aliphatic rings. The second-order valence-corrected chi connectivity index (χ2v) is 4.81. The third-order valence-electron chi connectivity index (χ3n) is 3.26. The SMILES string of the molecule is CC(C)N1CCCC1Cc1cc(N)cnn1. The lowest BCUT2D eigenvalue weighted by Crippen LogP contribution is -2.36. The van der Waals surface area contributed by atoms with Crippen LogP contribution in [0.4, 0.5) is 5.69 Å². The highest BCUT2D eigenvalue weighted by atomic mass is 15.2. The fourth-order valence-corrected chi connectivity index (χ4v) is 2.53. The molecule has 1 aromatic rings. The van der Waals surface area contributed by atoms with Crippen LogP contribution in [-0.2, 0) is 6.42 Å². The first kappa shape index (κ1) is 11.3. The Morgan fingerprint density at radius 3 is 3.06 bits per heavy atom. The van der Waals surface area contributed by atoms with E-state index in [0.717, 1.165) is 12.1 Å². The van der Waals surface area contributed by atoms with Crippen LogP contribution in [0, 0.1) is 0 Å². The highest BCUT2D eigenvalue weighted by Crippen LogP contribution is 2.22. The maximum Gasteiger partial charge on any atom is 0.0726 e. The fraction of sp³-hybridized carbons (Fsp3) is 0.667. The molecule has 4 heteroatoms. The zero-order valence-corrected chi connectivity index (χ0v) is 10.1. The normalized spacial score (nSPS) is 21.8. The highest BCUT2D eigenvalue weighted by molar-refractivity contribution is 5.34. The number of nitrogens with two attached hydrogens (primary N) is 1. The molecule has 16 heavy (non-hydrogen) atoms. The molecule has 0 radical (unpaired) electrons. The smallest absolute Gasteiger partial charge is 0.0726 e. The Morgan fingerprint density at radius 1 is 1.56 bits per heavy atom. The van der Waals surface area contributed by atoms with Crippen LogP contribution >= 0.6 is 0 Å². The van der Waals surface area contributed by atoms with Crippen molar-refractivity contribution in [1.82, 2.24) is 15.1 Å². The van der Waals surface area contributed by atoms with Gasteiger partial charge in [-0.25, -0.2) is 0 Å². The molecule has 1 unspecified atom stereocenters. The molecule has 0 saturated carbocycles. The lowest BCUT2D eigenvalue weighted by Gasteiger charge is -2.27. The number of hydrogen-bond acceptors (Lipinski definition) is 4. The van der Waals surface area contributed by atoms with Crippen LogP contribution < -0.4 is 5.73 Å². The molecule has 2 N–H and O–H groups in total. The van der Waals surface area contributed by atoms with Crippen molar-refractivity contribution in [1.29, 1.82) is 0 Å². The lowest BCUT2D eigenvalue weighted by atomic mass is 10.1. The lowest BCUT2D eigenvalue weighted by molar-refractivity contribution is 0.201. The van der Waals surface area contributed by atoms with Gasteiger partial charge in [0.2, 0.25) is 0 Å². The van der Waals surface area contributed by atoms with E-state index in [1.807, 2.05) is 6.07 Å². The average Bonchev–Trinajstić information content (AvgIpc) is 2.66. The van der Waals surface area contributed by atoms with E-state index in [4.69, 9.17) is 5.73 Å². The third kappa shape index (κ3) is 2.50. The van der Waals surface area contributed by atoms with Crippen molar-refractivity contribution in [3.05, 3.63) is 18.0 Å². The van der Waals surface area contributed by atoms with Crippen molar-refractivity contribution >= 4 is 5.69 Å². The van der Waals surface area contributed by atoms with Crippen LogP contribution in [-0.4, -0.2) is 33.7 Å². The van der Waals surface area contributed by atoms with Gasteiger partial charge in [-0.3, -0.25) is 4.90 Å². The van der Waals surface area contributed by atoms with Gasteiger partial charge in [-0.05, 0) is 39.3 Å². The number of aromatic nitrogens is 2. The molecule has 0 amide bonds. The van der Waals surface area contributed by atoms with Crippen LogP contribution in [0.2, 0.25) is 0 Å². The van der Waals surface area contributed by atoms with E-state index >= 15 is 0 Å². The summed E-state index contributed by atoms with van der Waals surface area (Å²) in [5.41, 5.74) is 7.43. The molecule has 1 fully saturated rings. The summed E-state index contributed by atoms with van der Waals surface area (Å²) in [6.07, 6.45) is 5.11. The Bertz CT molecular complexity index is 351. The Hall–Kier alpha value is -1.16. The topological polar surface area (TPSA) is 55.0 Å². The van der Waals surface area contributed by atoms with E-state index in [2.05, 4.69) is 28.9 Å². The zero-order valence-electron chi connectivity index (χ0n) is 10.1. The molecule has 2 heterocycles. The Kier molecular flexibility index (Phi) is 3.39. The van der Waals surface area contributed by atoms with Crippen molar-refractivity contribution in [3.8, 4) is 0 Å². The summed E-state index contributed by atoms with van der Waals surface area (Å²) in [5, 5.41) is 8.04. The first-order valence-electron chi connectivity index (χ1n) is 5.99. The largest absolute Gasteiger partial charge is 0.397 e. The quantitative estimate of drug-likeness (QED) is 0.838. The van der Waals surface area contributed by atoms with Crippen molar-refractivity contribution in [2.45, 2.75) is 45.2 Å². The summed E-state index contributed by atoms with van der Waals surface area (Å²) in [6, 6.07) is 3.15. The standard InChI is InChI=1S/C12H20N4/c1-9(2)16-5-3-4-12(16)7-11-6-10(13)8-14-15-11/h6,8-9,12H,3-5,7H2,1-2H3,(H2,13,15). The summed E-state index contributed by atoms with van der Waals surface area (Å²) >= 11 is 0. The van der Waals surface area contributed by atoms with E-state index in [1.165, 1.54) is 19.4 Å². The van der Waals surface area contributed by atoms with Crippen molar-refractivity contribution in [2.24, 2.45) is 0 Å². The van der Waals surface area contributed by atoms with Gasteiger partial charge in [-0.1, -0.05) is 0 Å². The molecule has 0 bridgehead atoms. The van der Waals surface area contributed by atoms with Gasteiger partial charge in [0.1, 0.15) is 0 Å². The predicted octanol–water partition coefficient (Wildman–Crippen LogP) is 1.47. The zero-order chi connectivity index (χ0) is 11.5. The van der Waals surface area contributed by atoms with Crippen molar-refractivity contribution in [2.75, 3.05) is 12.3 Å². The van der Waals surface area contributed by atoms with Gasteiger partial charge in [0.05, 0.1) is 17.6 Å². The van der Waals surface area contributed by atoms with Gasteiger partial charge < -0.3 is 5.73 Å². The number of anilines is 1. The molecule has 4 nitrogen and oxygen atoms in total. The average molecular weight is 220 g/mol. The number of nitrogen functional groups attached to an aromatic ring is 1. The molecule has 0 aromatic carbocycles. The maximum absolute atomic E-state index is 5.71. The van der Waals surface area contributed by atoms with E-state index in [-0.39, 0.29) is 0 Å². The monoisotopic (exact) mass is 220 g/mol. The van der Waals surface area contributed by atoms with E-state index in [9.17, 15) is 0 Å². The first-order chi connectivity index (χ1) is 7.66. The second kappa shape index (κ2) is 4.78. The van der Waals surface area contributed by atoms with E-state index < -0.39 is 0 Å². The van der Waals surface area contributed by atoms with Gasteiger partial charge in [-0.15, -0.1) is 0 Å². The van der Waals surface area contributed by atoms with Crippen LogP contribution in [0.3, 0.4) is 0 Å². The number of nitrogens with zero attached hydrogens (tertiary/aromatic N) is 3. The summed E-state index contributed by atoms with van der Waals surface area (Å²) in [5.74, 6) is 0. The molecule has 88 valence electrons. The van der Waals surface area contributed by atoms with Crippen molar-refractivity contribution in [3.63, 3.8) is 0 Å². The van der Waals surface area contributed by atoms with E-state index in [0.29, 0.717) is 17.8 Å². The van der Waals surface area contributed by atoms with Crippen LogP contribution in [0.1, 0.15) is 32.4 Å². The Balaban J connectivity index is 2.04. The minimum absolute atomic E-state index is 0.607. The minimum atomic E-state index is 0.607. The van der Waals surface area contributed by atoms with Gasteiger partial charge in [0.15, 0.2) is 0 Å². The van der Waals surface area contributed by atoms with Gasteiger partial charge >= 0.3 is 0 Å². The van der Waals surface area contributed by atoms with E-state index in [1.54, 1.807) is 6.20 Å². The Morgan fingerprint density at radius 2 is 2.38 bits per heavy atom. The number of rotatable bonds is 3. The van der Waals surface area contributed by atoms with Crippen LogP contribution in [0.25, 0.3) is 0 Å². The van der Waals surface area contributed by atoms with Gasteiger partial charge in [0, 0.05) is 18.5 Å². The molecule has 1 saturated heterocycles. The molecular formula is C12H20N4. The Labute approximate surface area is 96.9 Å². The summed E-state index contributed by atoms with van der Waals surface area (Å²) in [7, 11) is 0. The molecular weight excluding hydrogens is 200 g/mol. The summed E-state index contributed by atoms with van der Waals surface area (Å²) in [6.45, 7) is 5.71. The van der Waals surface area contributed by atoms with Crippen LogP contribution in [0.15, 0.2) is 12.3 Å². The fourth-order valence-electron chi connectivity index (χ4n) is 2.53. The number of likely N-dealkylation sites (tertiary alicyclic amines) is 1. The molecule has 0 spiro atoms. The first-order valence-corrected chi connectivity index (χ1v) is 5.99. The highest BCUT2D eigenvalue weighted by Gasteiger charge is 2.26. The molecule has 1 aliphatic heterocycles. The second-order valence-electron chi connectivity index (χ2n) is 4.81. The predicted molar refractivity (Wildman–Crippen MR) is 65.0 cm³/mol. The molecule has 0 aliphatic carbocycles.